The Labute approximate surface area is 163 Å². The average molecular weight is 385 g/mol. The summed E-state index contributed by atoms with van der Waals surface area (Å²) in [4.78, 5) is 29.3. The molecule has 0 radical (unpaired) electrons. The average Bonchev–Trinajstić information content (AvgIpc) is 2.87. The number of imide groups is 1. The number of aryl methyl sites for hydroxylation is 2. The van der Waals surface area contributed by atoms with Gasteiger partial charge in [-0.3, -0.25) is 9.59 Å². The number of likely N-dealkylation sites (N-methyl/N-ethyl adjacent to an activating group) is 1. The van der Waals surface area contributed by atoms with Crippen LogP contribution in [0.25, 0.3) is 5.57 Å². The van der Waals surface area contributed by atoms with Crippen molar-refractivity contribution >= 4 is 34.7 Å². The van der Waals surface area contributed by atoms with E-state index in [0.717, 1.165) is 11.1 Å². The summed E-state index contributed by atoms with van der Waals surface area (Å²) in [6, 6.07) is 12.4. The molecule has 1 N–H and O–H groups in total. The Morgan fingerprint density at radius 2 is 1.70 bits per heavy atom. The van der Waals surface area contributed by atoms with Crippen LogP contribution < -0.4 is 4.90 Å². The Morgan fingerprint density at radius 3 is 2.30 bits per heavy atom. The minimum Gasteiger partial charge on any atom is -0.395 e. The second-order valence-corrected chi connectivity index (χ2v) is 7.05. The van der Waals surface area contributed by atoms with Gasteiger partial charge in [-0.25, -0.2) is 4.90 Å². The maximum Gasteiger partial charge on any atom is 0.282 e. The minimum atomic E-state index is -0.396. The Hall–Kier alpha value is -2.63. The first-order valence-electron chi connectivity index (χ1n) is 8.63. The second-order valence-electron chi connectivity index (χ2n) is 6.61. The molecule has 1 heterocycles. The van der Waals surface area contributed by atoms with Gasteiger partial charge in [0.15, 0.2) is 0 Å². The van der Waals surface area contributed by atoms with Crippen LogP contribution >= 0.6 is 11.6 Å². The molecule has 0 bridgehead atoms. The zero-order valence-corrected chi connectivity index (χ0v) is 16.2. The number of benzene rings is 2. The smallest absolute Gasteiger partial charge is 0.282 e. The van der Waals surface area contributed by atoms with E-state index in [4.69, 9.17) is 11.6 Å². The van der Waals surface area contributed by atoms with Gasteiger partial charge in [0, 0.05) is 18.6 Å². The van der Waals surface area contributed by atoms with Gasteiger partial charge in [0.25, 0.3) is 11.8 Å². The van der Waals surface area contributed by atoms with Gasteiger partial charge >= 0.3 is 0 Å². The molecule has 1 aliphatic rings. The fraction of sp³-hybridized carbons (Fsp3) is 0.238. The molecule has 0 aromatic heterocycles. The van der Waals surface area contributed by atoms with E-state index in [1.54, 1.807) is 42.3 Å². The fourth-order valence-corrected chi connectivity index (χ4v) is 3.41. The highest BCUT2D eigenvalue weighted by molar-refractivity contribution is 6.45. The van der Waals surface area contributed by atoms with E-state index >= 15 is 0 Å². The standard InChI is InChI=1S/C21H21ClN2O3/c1-13-4-9-17(14(2)12-13)24-20(26)18(15-5-7-16(22)8-6-15)19(21(24)27)23(3)10-11-25/h4-9,12,25H,10-11H2,1-3H3. The number of halogens is 1. The molecule has 0 spiro atoms. The van der Waals surface area contributed by atoms with Crippen LogP contribution in [0.4, 0.5) is 5.69 Å². The largest absolute Gasteiger partial charge is 0.395 e. The van der Waals surface area contributed by atoms with Crippen LogP contribution in [0, 0.1) is 13.8 Å². The molecular formula is C21H21ClN2O3. The number of carbonyl (C=O) groups excluding carboxylic acids is 2. The van der Waals surface area contributed by atoms with Crippen LogP contribution in [0.15, 0.2) is 48.2 Å². The number of hydrogen-bond donors (Lipinski definition) is 1. The Bertz CT molecular complexity index is 935. The zero-order chi connectivity index (χ0) is 19.7. The summed E-state index contributed by atoms with van der Waals surface area (Å²) < 4.78 is 0. The van der Waals surface area contributed by atoms with Gasteiger partial charge in [-0.2, -0.15) is 0 Å². The number of anilines is 1. The lowest BCUT2D eigenvalue weighted by Crippen LogP contribution is -2.35. The van der Waals surface area contributed by atoms with Crippen molar-refractivity contribution in [2.24, 2.45) is 0 Å². The van der Waals surface area contributed by atoms with Gasteiger partial charge in [0.1, 0.15) is 5.70 Å². The molecule has 0 aliphatic carbocycles. The molecule has 2 aromatic rings. The van der Waals surface area contributed by atoms with Crippen molar-refractivity contribution in [2.45, 2.75) is 13.8 Å². The minimum absolute atomic E-state index is 0.126. The van der Waals surface area contributed by atoms with Crippen molar-refractivity contribution in [3.63, 3.8) is 0 Å². The third-order valence-electron chi connectivity index (χ3n) is 4.60. The van der Waals surface area contributed by atoms with E-state index in [1.165, 1.54) is 4.90 Å². The summed E-state index contributed by atoms with van der Waals surface area (Å²) in [7, 11) is 1.69. The Morgan fingerprint density at radius 1 is 1.04 bits per heavy atom. The summed E-state index contributed by atoms with van der Waals surface area (Å²) in [5.41, 5.74) is 3.67. The first-order chi connectivity index (χ1) is 12.8. The van der Waals surface area contributed by atoms with Crippen molar-refractivity contribution in [1.82, 2.24) is 4.90 Å². The molecule has 0 fully saturated rings. The van der Waals surface area contributed by atoms with Gasteiger partial charge in [0.2, 0.25) is 0 Å². The van der Waals surface area contributed by atoms with Gasteiger partial charge in [-0.15, -0.1) is 0 Å². The Balaban J connectivity index is 2.15. The maximum absolute atomic E-state index is 13.3. The zero-order valence-electron chi connectivity index (χ0n) is 15.5. The first kappa shape index (κ1) is 19.1. The molecule has 0 saturated carbocycles. The molecule has 2 aromatic carbocycles. The molecule has 1 aliphatic heterocycles. The molecule has 27 heavy (non-hydrogen) atoms. The van der Waals surface area contributed by atoms with Crippen molar-refractivity contribution in [1.29, 1.82) is 0 Å². The predicted molar refractivity (Wildman–Crippen MR) is 106 cm³/mol. The van der Waals surface area contributed by atoms with E-state index in [0.29, 0.717) is 21.8 Å². The van der Waals surface area contributed by atoms with Crippen LogP contribution in [0.1, 0.15) is 16.7 Å². The highest BCUT2D eigenvalue weighted by Gasteiger charge is 2.42. The quantitative estimate of drug-likeness (QED) is 0.804. The van der Waals surface area contributed by atoms with Crippen LogP contribution in [0.3, 0.4) is 0 Å². The molecule has 3 rings (SSSR count). The molecular weight excluding hydrogens is 364 g/mol. The normalized spacial score (nSPS) is 14.3. The Kier molecular flexibility index (Phi) is 5.35. The fourth-order valence-electron chi connectivity index (χ4n) is 3.29. The monoisotopic (exact) mass is 384 g/mol. The molecule has 5 nitrogen and oxygen atoms in total. The molecule has 0 atom stereocenters. The summed E-state index contributed by atoms with van der Waals surface area (Å²) in [5, 5.41) is 9.86. The van der Waals surface area contributed by atoms with Crippen LogP contribution in [-0.4, -0.2) is 42.0 Å². The van der Waals surface area contributed by atoms with Crippen LogP contribution in [0.2, 0.25) is 5.02 Å². The highest BCUT2D eigenvalue weighted by Crippen LogP contribution is 2.36. The van der Waals surface area contributed by atoms with E-state index in [-0.39, 0.29) is 24.8 Å². The summed E-state index contributed by atoms with van der Waals surface area (Å²) in [5.74, 6) is -0.776. The first-order valence-corrected chi connectivity index (χ1v) is 9.01. The van der Waals surface area contributed by atoms with Crippen molar-refractivity contribution in [2.75, 3.05) is 25.1 Å². The molecule has 0 saturated heterocycles. The van der Waals surface area contributed by atoms with E-state index in [9.17, 15) is 14.7 Å². The van der Waals surface area contributed by atoms with Gasteiger partial charge in [0.05, 0.1) is 17.9 Å². The summed E-state index contributed by atoms with van der Waals surface area (Å²) in [6.45, 7) is 3.95. The van der Waals surface area contributed by atoms with Crippen LogP contribution in [0.5, 0.6) is 0 Å². The molecule has 140 valence electrons. The van der Waals surface area contributed by atoms with E-state index in [2.05, 4.69) is 0 Å². The van der Waals surface area contributed by atoms with Crippen molar-refractivity contribution < 1.29 is 14.7 Å². The number of amides is 2. The molecule has 0 unspecified atom stereocenters. The third-order valence-corrected chi connectivity index (χ3v) is 4.85. The number of nitrogens with zero attached hydrogens (tertiary/aromatic N) is 2. The van der Waals surface area contributed by atoms with E-state index < -0.39 is 5.91 Å². The van der Waals surface area contributed by atoms with Gasteiger partial charge in [-0.1, -0.05) is 41.4 Å². The number of aliphatic hydroxyl groups excluding tert-OH is 1. The molecule has 6 heteroatoms. The second kappa shape index (κ2) is 7.55. The summed E-state index contributed by atoms with van der Waals surface area (Å²) >= 11 is 5.97. The predicted octanol–water partition coefficient (Wildman–Crippen LogP) is 3.17. The van der Waals surface area contributed by atoms with Gasteiger partial charge < -0.3 is 10.0 Å². The van der Waals surface area contributed by atoms with Gasteiger partial charge in [-0.05, 0) is 43.2 Å². The summed E-state index contributed by atoms with van der Waals surface area (Å²) in [6.07, 6.45) is 0. The number of aliphatic hydroxyl groups is 1. The lowest BCUT2D eigenvalue weighted by atomic mass is 10.0. The number of carbonyl (C=O) groups is 2. The van der Waals surface area contributed by atoms with Crippen molar-refractivity contribution in [3.8, 4) is 0 Å². The van der Waals surface area contributed by atoms with Crippen LogP contribution in [-0.2, 0) is 9.59 Å². The lowest BCUT2D eigenvalue weighted by Gasteiger charge is -2.21. The topological polar surface area (TPSA) is 60.9 Å². The third kappa shape index (κ3) is 3.48. The number of hydrogen-bond acceptors (Lipinski definition) is 4. The van der Waals surface area contributed by atoms with Crippen molar-refractivity contribution in [3.05, 3.63) is 69.9 Å². The maximum atomic E-state index is 13.3. The lowest BCUT2D eigenvalue weighted by molar-refractivity contribution is -0.120. The highest BCUT2D eigenvalue weighted by atomic mass is 35.5. The SMILES string of the molecule is Cc1ccc(N2C(=O)C(c3ccc(Cl)cc3)=C(N(C)CCO)C2=O)c(C)c1. The number of rotatable bonds is 5. The molecule has 2 amide bonds. The van der Waals surface area contributed by atoms with E-state index in [1.807, 2.05) is 26.0 Å².